The summed E-state index contributed by atoms with van der Waals surface area (Å²) in [6.45, 7) is 15.1. The second-order valence-corrected chi connectivity index (χ2v) is 9.34. The van der Waals surface area contributed by atoms with E-state index in [1.807, 2.05) is 0 Å². The van der Waals surface area contributed by atoms with Gasteiger partial charge < -0.3 is 14.5 Å². The van der Waals surface area contributed by atoms with Crippen LogP contribution in [0.1, 0.15) is 30.2 Å². The van der Waals surface area contributed by atoms with Crippen LogP contribution < -0.4 is 4.90 Å². The summed E-state index contributed by atoms with van der Waals surface area (Å²) in [5, 5.41) is 0. The number of morpholine rings is 1. The van der Waals surface area contributed by atoms with Crippen molar-refractivity contribution in [2.45, 2.75) is 26.7 Å². The maximum absolute atomic E-state index is 5.49. The first-order chi connectivity index (χ1) is 15.7. The number of likely N-dealkylation sites (N-methyl/N-ethyl adjacent to an activating group) is 1. The van der Waals surface area contributed by atoms with E-state index in [2.05, 4.69) is 65.0 Å². The highest BCUT2D eigenvalue weighted by Gasteiger charge is 2.21. The van der Waals surface area contributed by atoms with Crippen LogP contribution in [0, 0.1) is 6.92 Å². The van der Waals surface area contributed by atoms with Gasteiger partial charge in [0.15, 0.2) is 0 Å². The summed E-state index contributed by atoms with van der Waals surface area (Å²) in [4.78, 5) is 12.5. The number of hydrogen-bond acceptors (Lipinski definition) is 5. The summed E-state index contributed by atoms with van der Waals surface area (Å²) < 4.78 is 5.49. The van der Waals surface area contributed by atoms with Gasteiger partial charge in [-0.15, -0.1) is 0 Å². The minimum Gasteiger partial charge on any atom is -0.379 e. The summed E-state index contributed by atoms with van der Waals surface area (Å²) in [6, 6.07) is 11.4. The van der Waals surface area contributed by atoms with Crippen LogP contribution in [-0.2, 0) is 11.2 Å². The quantitative estimate of drug-likeness (QED) is 0.692. The van der Waals surface area contributed by atoms with E-state index < -0.39 is 0 Å². The van der Waals surface area contributed by atoms with E-state index in [0.29, 0.717) is 0 Å². The van der Waals surface area contributed by atoms with Crippen molar-refractivity contribution in [2.75, 3.05) is 70.5 Å². The van der Waals surface area contributed by atoms with Crippen LogP contribution in [0.4, 0.5) is 5.69 Å². The molecule has 1 aromatic carbocycles. The average molecular weight is 433 g/mol. The maximum atomic E-state index is 5.49. The second kappa shape index (κ2) is 9.74. The Morgan fingerprint density at radius 1 is 0.938 bits per heavy atom. The first-order valence-corrected chi connectivity index (χ1v) is 12.3. The van der Waals surface area contributed by atoms with Gasteiger partial charge in [-0.25, -0.2) is 0 Å². The summed E-state index contributed by atoms with van der Waals surface area (Å²) in [5.74, 6) is 0. The van der Waals surface area contributed by atoms with Gasteiger partial charge in [-0.3, -0.25) is 9.88 Å². The Morgan fingerprint density at radius 2 is 1.69 bits per heavy atom. The van der Waals surface area contributed by atoms with Crippen LogP contribution in [0.25, 0.3) is 17.3 Å². The SMILES string of the molecule is CCN1CCN(c2ccc(-c3nc(C)cc4c3C=C(CCN3CCOCC3)C4)cc2)CC1. The molecular formula is C27H36N4O. The molecule has 0 spiro atoms. The van der Waals surface area contributed by atoms with Crippen molar-refractivity contribution in [3.05, 3.63) is 52.7 Å². The highest BCUT2D eigenvalue weighted by atomic mass is 16.5. The van der Waals surface area contributed by atoms with Gasteiger partial charge >= 0.3 is 0 Å². The maximum Gasteiger partial charge on any atom is 0.0780 e. The highest BCUT2D eigenvalue weighted by molar-refractivity contribution is 5.79. The van der Waals surface area contributed by atoms with E-state index in [4.69, 9.17) is 9.72 Å². The number of pyridine rings is 1. The van der Waals surface area contributed by atoms with Crippen molar-refractivity contribution < 1.29 is 4.74 Å². The van der Waals surface area contributed by atoms with E-state index in [-0.39, 0.29) is 0 Å². The third-order valence-electron chi connectivity index (χ3n) is 7.22. The molecule has 5 nitrogen and oxygen atoms in total. The molecule has 0 unspecified atom stereocenters. The standard InChI is InChI=1S/C27H36N4O/c1-3-29-10-12-31(13-11-29)25-6-4-23(5-7-25)27-26-20-22(19-24(26)18-21(2)28-27)8-9-30-14-16-32-17-15-30/h4-7,18,20H,3,8-17,19H2,1-2H3. The van der Waals surface area contributed by atoms with Crippen molar-refractivity contribution in [1.29, 1.82) is 0 Å². The zero-order chi connectivity index (χ0) is 21.9. The summed E-state index contributed by atoms with van der Waals surface area (Å²) >= 11 is 0. The molecule has 0 N–H and O–H groups in total. The van der Waals surface area contributed by atoms with Crippen LogP contribution in [0.5, 0.6) is 0 Å². The minimum atomic E-state index is 0.872. The van der Waals surface area contributed by atoms with Gasteiger partial charge in [-0.1, -0.05) is 30.7 Å². The fourth-order valence-corrected chi connectivity index (χ4v) is 5.22. The van der Waals surface area contributed by atoms with E-state index in [9.17, 15) is 0 Å². The fraction of sp³-hybridized carbons (Fsp3) is 0.519. The number of fused-ring (bicyclic) bond motifs is 1. The number of ether oxygens (including phenoxy) is 1. The number of aromatic nitrogens is 1. The molecule has 1 aromatic heterocycles. The molecule has 5 heteroatoms. The number of hydrogen-bond donors (Lipinski definition) is 0. The zero-order valence-electron chi connectivity index (χ0n) is 19.6. The number of anilines is 1. The van der Waals surface area contributed by atoms with Crippen LogP contribution >= 0.6 is 0 Å². The molecule has 170 valence electrons. The Labute approximate surface area is 192 Å². The van der Waals surface area contributed by atoms with Gasteiger partial charge in [0, 0.05) is 68.3 Å². The predicted molar refractivity (Wildman–Crippen MR) is 132 cm³/mol. The molecule has 2 saturated heterocycles. The largest absolute Gasteiger partial charge is 0.379 e. The van der Waals surface area contributed by atoms with E-state index in [1.54, 1.807) is 0 Å². The Balaban J connectivity index is 1.31. The van der Waals surface area contributed by atoms with E-state index in [1.165, 1.54) is 28.0 Å². The summed E-state index contributed by atoms with van der Waals surface area (Å²) in [6.07, 6.45) is 4.61. The molecular weight excluding hydrogens is 396 g/mol. The topological polar surface area (TPSA) is 31.8 Å². The first-order valence-electron chi connectivity index (χ1n) is 12.3. The van der Waals surface area contributed by atoms with Crippen LogP contribution in [0.3, 0.4) is 0 Å². The van der Waals surface area contributed by atoms with Gasteiger partial charge in [0.05, 0.1) is 18.9 Å². The fourth-order valence-electron chi connectivity index (χ4n) is 5.22. The Morgan fingerprint density at radius 3 is 2.41 bits per heavy atom. The summed E-state index contributed by atoms with van der Waals surface area (Å²) in [7, 11) is 0. The lowest BCUT2D eigenvalue weighted by atomic mass is 10.0. The molecule has 0 radical (unpaired) electrons. The van der Waals surface area contributed by atoms with Crippen molar-refractivity contribution in [3.8, 4) is 11.3 Å². The molecule has 0 amide bonds. The van der Waals surface area contributed by atoms with Gasteiger partial charge in [0.2, 0.25) is 0 Å². The number of aryl methyl sites for hydroxylation is 1. The van der Waals surface area contributed by atoms with Crippen molar-refractivity contribution >= 4 is 11.8 Å². The molecule has 3 heterocycles. The number of rotatable bonds is 6. The molecule has 0 atom stereocenters. The van der Waals surface area contributed by atoms with Gasteiger partial charge in [-0.2, -0.15) is 0 Å². The molecule has 0 bridgehead atoms. The van der Waals surface area contributed by atoms with Crippen LogP contribution in [0.2, 0.25) is 0 Å². The highest BCUT2D eigenvalue weighted by Crippen LogP contribution is 2.35. The van der Waals surface area contributed by atoms with E-state index in [0.717, 1.165) is 89.8 Å². The molecule has 32 heavy (non-hydrogen) atoms. The Bertz CT molecular complexity index is 954. The van der Waals surface area contributed by atoms with Crippen LogP contribution in [-0.4, -0.2) is 80.4 Å². The molecule has 1 aliphatic carbocycles. The van der Waals surface area contributed by atoms with Crippen LogP contribution in [0.15, 0.2) is 35.9 Å². The predicted octanol–water partition coefficient (Wildman–Crippen LogP) is 3.86. The minimum absolute atomic E-state index is 0.872. The molecule has 2 aliphatic heterocycles. The van der Waals surface area contributed by atoms with Crippen molar-refractivity contribution in [3.63, 3.8) is 0 Å². The molecule has 3 aliphatic rings. The summed E-state index contributed by atoms with van der Waals surface area (Å²) in [5.41, 5.74) is 9.11. The molecule has 2 fully saturated rings. The lowest BCUT2D eigenvalue weighted by molar-refractivity contribution is 0.0384. The second-order valence-electron chi connectivity index (χ2n) is 9.34. The Kier molecular flexibility index (Phi) is 6.58. The van der Waals surface area contributed by atoms with Crippen molar-refractivity contribution in [1.82, 2.24) is 14.8 Å². The van der Waals surface area contributed by atoms with Gasteiger partial charge in [0.1, 0.15) is 0 Å². The Hall–Kier alpha value is -2.21. The molecule has 5 rings (SSSR count). The monoisotopic (exact) mass is 432 g/mol. The van der Waals surface area contributed by atoms with Gasteiger partial charge in [0.25, 0.3) is 0 Å². The third-order valence-corrected chi connectivity index (χ3v) is 7.22. The number of benzene rings is 1. The van der Waals surface area contributed by atoms with Crippen molar-refractivity contribution in [2.24, 2.45) is 0 Å². The normalized spacial score (nSPS) is 19.8. The third kappa shape index (κ3) is 4.75. The van der Waals surface area contributed by atoms with Gasteiger partial charge in [-0.05, 0) is 50.1 Å². The zero-order valence-corrected chi connectivity index (χ0v) is 19.6. The number of nitrogens with zero attached hydrogens (tertiary/aromatic N) is 4. The first kappa shape index (κ1) is 21.6. The lowest BCUT2D eigenvalue weighted by Crippen LogP contribution is -2.46. The smallest absolute Gasteiger partial charge is 0.0780 e. The van der Waals surface area contributed by atoms with E-state index >= 15 is 0 Å². The lowest BCUT2D eigenvalue weighted by Gasteiger charge is -2.35. The molecule has 2 aromatic rings. The molecule has 0 saturated carbocycles. The number of piperazine rings is 1. The average Bonchev–Trinajstić information content (AvgIpc) is 3.26.